The Labute approximate surface area is 165 Å². The molecular weight excluding hydrogens is 351 g/mol. The number of benzene rings is 2. The topological polar surface area (TPSA) is 60.5 Å². The zero-order valence-corrected chi connectivity index (χ0v) is 16.5. The summed E-state index contributed by atoms with van der Waals surface area (Å²) in [7, 11) is -0.440. The number of pyridine rings is 1. The monoisotopic (exact) mass is 374 g/mol. The van der Waals surface area contributed by atoms with Crippen molar-refractivity contribution in [1.29, 1.82) is 0 Å². The van der Waals surface area contributed by atoms with E-state index in [1.54, 1.807) is 18.3 Å². The van der Waals surface area contributed by atoms with Crippen molar-refractivity contribution < 1.29 is 14.1 Å². The number of hydrogen-bond donors (Lipinski definition) is 1. The van der Waals surface area contributed by atoms with Crippen molar-refractivity contribution in [2.24, 2.45) is 0 Å². The Morgan fingerprint density at radius 3 is 2.18 bits per heavy atom. The van der Waals surface area contributed by atoms with Gasteiger partial charge in [0.1, 0.15) is 5.82 Å². The minimum atomic E-state index is -0.440. The molecule has 2 heterocycles. The number of carbonyl (C=O) groups is 1. The van der Waals surface area contributed by atoms with E-state index in [9.17, 15) is 4.79 Å². The van der Waals surface area contributed by atoms with Crippen LogP contribution in [0.3, 0.4) is 0 Å². The molecule has 4 rings (SSSR count). The number of anilines is 1. The number of hydrogen-bond acceptors (Lipinski definition) is 4. The van der Waals surface area contributed by atoms with Crippen molar-refractivity contribution in [2.45, 2.75) is 38.9 Å². The molecule has 2 aromatic carbocycles. The normalized spacial score (nSPS) is 17.6. The second kappa shape index (κ2) is 6.72. The van der Waals surface area contributed by atoms with E-state index in [4.69, 9.17) is 9.31 Å². The van der Waals surface area contributed by atoms with Crippen molar-refractivity contribution in [1.82, 2.24) is 4.98 Å². The molecule has 1 amide bonds. The van der Waals surface area contributed by atoms with E-state index in [0.29, 0.717) is 11.4 Å². The highest BCUT2D eigenvalue weighted by Gasteiger charge is 2.51. The standard InChI is InChI=1S/C22H23BN2O3/c1-21(2)22(3,4)28-23(27-21)18-11-9-15(10-12-18)20(26)25-19-13-16-7-5-6-8-17(16)14-24-19/h5-14H,1-4H3,(H,24,25,26). The molecule has 142 valence electrons. The van der Waals surface area contributed by atoms with Gasteiger partial charge in [-0.1, -0.05) is 36.4 Å². The van der Waals surface area contributed by atoms with Crippen LogP contribution in [0.4, 0.5) is 5.82 Å². The third-order valence-corrected chi connectivity index (χ3v) is 5.57. The number of carbonyl (C=O) groups excluding carboxylic acids is 1. The number of nitrogens with zero attached hydrogens (tertiary/aromatic N) is 1. The molecule has 28 heavy (non-hydrogen) atoms. The maximum atomic E-state index is 12.6. The molecule has 0 bridgehead atoms. The van der Waals surface area contributed by atoms with Crippen molar-refractivity contribution in [3.05, 3.63) is 66.4 Å². The molecule has 1 N–H and O–H groups in total. The molecule has 0 atom stereocenters. The van der Waals surface area contributed by atoms with E-state index in [1.807, 2.05) is 70.2 Å². The molecule has 3 aromatic rings. The average Bonchev–Trinajstić information content (AvgIpc) is 2.89. The first kappa shape index (κ1) is 18.7. The zero-order valence-electron chi connectivity index (χ0n) is 16.5. The molecule has 0 saturated carbocycles. The lowest BCUT2D eigenvalue weighted by atomic mass is 9.79. The molecule has 1 saturated heterocycles. The van der Waals surface area contributed by atoms with E-state index >= 15 is 0 Å². The maximum Gasteiger partial charge on any atom is 0.494 e. The van der Waals surface area contributed by atoms with Gasteiger partial charge in [0.25, 0.3) is 5.91 Å². The van der Waals surface area contributed by atoms with Crippen LogP contribution in [0.25, 0.3) is 10.8 Å². The van der Waals surface area contributed by atoms with E-state index in [2.05, 4.69) is 10.3 Å². The molecule has 0 aliphatic carbocycles. The van der Waals surface area contributed by atoms with Crippen LogP contribution in [-0.2, 0) is 9.31 Å². The minimum Gasteiger partial charge on any atom is -0.399 e. The molecule has 1 fully saturated rings. The molecule has 1 aliphatic rings. The van der Waals surface area contributed by atoms with Gasteiger partial charge < -0.3 is 14.6 Å². The highest BCUT2D eigenvalue weighted by atomic mass is 16.7. The summed E-state index contributed by atoms with van der Waals surface area (Å²) < 4.78 is 12.1. The summed E-state index contributed by atoms with van der Waals surface area (Å²) in [6.45, 7) is 8.08. The number of fused-ring (bicyclic) bond motifs is 1. The fourth-order valence-electron chi connectivity index (χ4n) is 3.11. The van der Waals surface area contributed by atoms with Gasteiger partial charge in [0.2, 0.25) is 0 Å². The molecule has 0 radical (unpaired) electrons. The van der Waals surface area contributed by atoms with Gasteiger partial charge >= 0.3 is 7.12 Å². The van der Waals surface area contributed by atoms with Gasteiger partial charge in [0.05, 0.1) is 11.2 Å². The van der Waals surface area contributed by atoms with E-state index in [1.165, 1.54) is 0 Å². The van der Waals surface area contributed by atoms with Crippen molar-refractivity contribution in [2.75, 3.05) is 5.32 Å². The van der Waals surface area contributed by atoms with Gasteiger partial charge in [-0.3, -0.25) is 4.79 Å². The second-order valence-corrected chi connectivity index (χ2v) is 8.08. The third-order valence-electron chi connectivity index (χ3n) is 5.57. The van der Waals surface area contributed by atoms with Crippen molar-refractivity contribution >= 4 is 35.1 Å². The van der Waals surface area contributed by atoms with Crippen LogP contribution in [0.1, 0.15) is 38.1 Å². The summed E-state index contributed by atoms with van der Waals surface area (Å²) in [4.78, 5) is 16.9. The highest BCUT2D eigenvalue weighted by molar-refractivity contribution is 6.62. The van der Waals surface area contributed by atoms with Gasteiger partial charge in [-0.05, 0) is 56.7 Å². The van der Waals surface area contributed by atoms with Crippen LogP contribution in [0, 0.1) is 0 Å². The lowest BCUT2D eigenvalue weighted by Gasteiger charge is -2.32. The first-order valence-electron chi connectivity index (χ1n) is 9.37. The van der Waals surface area contributed by atoms with Crippen LogP contribution >= 0.6 is 0 Å². The molecule has 5 nitrogen and oxygen atoms in total. The van der Waals surface area contributed by atoms with E-state index < -0.39 is 18.3 Å². The molecule has 0 spiro atoms. The van der Waals surface area contributed by atoms with Crippen molar-refractivity contribution in [3.63, 3.8) is 0 Å². The molecule has 1 aromatic heterocycles. The van der Waals surface area contributed by atoms with Gasteiger partial charge in [0, 0.05) is 17.1 Å². The Bertz CT molecular complexity index is 1020. The van der Waals surface area contributed by atoms with Gasteiger partial charge in [-0.2, -0.15) is 0 Å². The van der Waals surface area contributed by atoms with Crippen LogP contribution in [0.15, 0.2) is 60.8 Å². The first-order valence-corrected chi connectivity index (χ1v) is 9.37. The van der Waals surface area contributed by atoms with Crippen LogP contribution in [0.2, 0.25) is 0 Å². The predicted molar refractivity (Wildman–Crippen MR) is 112 cm³/mol. The smallest absolute Gasteiger partial charge is 0.399 e. The fourth-order valence-corrected chi connectivity index (χ4v) is 3.11. The quantitative estimate of drug-likeness (QED) is 0.709. The predicted octanol–water partition coefficient (Wildman–Crippen LogP) is 3.79. The molecule has 6 heteroatoms. The molecular formula is C22H23BN2O3. The number of aromatic nitrogens is 1. The molecule has 0 unspecified atom stereocenters. The van der Waals surface area contributed by atoms with Crippen LogP contribution in [0.5, 0.6) is 0 Å². The Hall–Kier alpha value is -2.70. The zero-order chi connectivity index (χ0) is 19.9. The minimum absolute atomic E-state index is 0.205. The Morgan fingerprint density at radius 1 is 0.929 bits per heavy atom. The number of rotatable bonds is 3. The Kier molecular flexibility index (Phi) is 4.48. The molecule has 1 aliphatic heterocycles. The Morgan fingerprint density at radius 2 is 1.54 bits per heavy atom. The van der Waals surface area contributed by atoms with Gasteiger partial charge in [0.15, 0.2) is 0 Å². The lowest BCUT2D eigenvalue weighted by molar-refractivity contribution is 0.00578. The average molecular weight is 374 g/mol. The van der Waals surface area contributed by atoms with Crippen LogP contribution < -0.4 is 10.8 Å². The largest absolute Gasteiger partial charge is 0.494 e. The number of nitrogens with one attached hydrogen (secondary N) is 1. The summed E-state index contributed by atoms with van der Waals surface area (Å²) in [5.41, 5.74) is 0.652. The summed E-state index contributed by atoms with van der Waals surface area (Å²) >= 11 is 0. The summed E-state index contributed by atoms with van der Waals surface area (Å²) in [6.07, 6.45) is 1.76. The fraction of sp³-hybridized carbons (Fsp3) is 0.273. The highest BCUT2D eigenvalue weighted by Crippen LogP contribution is 2.36. The summed E-state index contributed by atoms with van der Waals surface area (Å²) in [5, 5.41) is 4.92. The maximum absolute atomic E-state index is 12.6. The lowest BCUT2D eigenvalue weighted by Crippen LogP contribution is -2.41. The van der Waals surface area contributed by atoms with E-state index in [-0.39, 0.29) is 5.91 Å². The van der Waals surface area contributed by atoms with Gasteiger partial charge in [-0.15, -0.1) is 0 Å². The SMILES string of the molecule is CC1(C)OB(c2ccc(C(=O)Nc3cc4ccccc4cn3)cc2)OC1(C)C. The van der Waals surface area contributed by atoms with E-state index in [0.717, 1.165) is 16.2 Å². The second-order valence-electron chi connectivity index (χ2n) is 8.08. The van der Waals surface area contributed by atoms with Gasteiger partial charge in [-0.25, -0.2) is 4.98 Å². The Balaban J connectivity index is 1.48. The van der Waals surface area contributed by atoms with Crippen molar-refractivity contribution in [3.8, 4) is 0 Å². The first-order chi connectivity index (χ1) is 13.2. The summed E-state index contributed by atoms with van der Waals surface area (Å²) in [5.74, 6) is 0.321. The summed E-state index contributed by atoms with van der Waals surface area (Å²) in [6, 6.07) is 17.1. The van der Waals surface area contributed by atoms with Crippen LogP contribution in [-0.4, -0.2) is 29.2 Å². The number of amides is 1. The third kappa shape index (κ3) is 3.41.